The molecule has 3 aliphatic heterocycles. The van der Waals surface area contributed by atoms with Crippen LogP contribution in [0.4, 0.5) is 11.5 Å². The van der Waals surface area contributed by atoms with E-state index in [2.05, 4.69) is 56.8 Å². The van der Waals surface area contributed by atoms with Crippen LogP contribution in [-0.2, 0) is 11.2 Å². The average molecular weight is 580 g/mol. The van der Waals surface area contributed by atoms with Gasteiger partial charge in [0.1, 0.15) is 16.9 Å². The summed E-state index contributed by atoms with van der Waals surface area (Å²) in [6.07, 6.45) is 9.12. The van der Waals surface area contributed by atoms with Crippen molar-refractivity contribution in [3.63, 3.8) is 0 Å². The van der Waals surface area contributed by atoms with E-state index in [1.54, 1.807) is 18.6 Å². The van der Waals surface area contributed by atoms with Crippen molar-refractivity contribution in [1.29, 1.82) is 0 Å². The molecule has 2 aromatic heterocycles. The lowest BCUT2D eigenvalue weighted by Crippen LogP contribution is -2.51. The minimum Gasteiger partial charge on any atom is -0.372 e. The minimum atomic E-state index is -0.460. The fourth-order valence-electron chi connectivity index (χ4n) is 5.76. The molecule has 1 amide bonds. The van der Waals surface area contributed by atoms with Gasteiger partial charge in [-0.05, 0) is 37.5 Å². The maximum absolute atomic E-state index is 13.3. The Balaban J connectivity index is 1.18. The van der Waals surface area contributed by atoms with Crippen molar-refractivity contribution in [2.45, 2.75) is 25.1 Å². The van der Waals surface area contributed by atoms with Gasteiger partial charge in [0.15, 0.2) is 5.65 Å². The van der Waals surface area contributed by atoms with Gasteiger partial charge in [0.25, 0.3) is 0 Å². The summed E-state index contributed by atoms with van der Waals surface area (Å²) in [5, 5.41) is 3.46. The van der Waals surface area contributed by atoms with Crippen LogP contribution in [0.25, 0.3) is 16.9 Å². The molecule has 1 fully saturated rings. The Hall–Kier alpha value is -3.56. The molecule has 3 aromatic rings. The second kappa shape index (κ2) is 11.1. The van der Waals surface area contributed by atoms with E-state index < -0.39 is 5.38 Å². The number of fused-ring (bicyclic) bond motifs is 2. The van der Waals surface area contributed by atoms with Crippen LogP contribution in [0.2, 0.25) is 0 Å². The van der Waals surface area contributed by atoms with Crippen LogP contribution in [0.3, 0.4) is 0 Å². The van der Waals surface area contributed by atoms with E-state index in [-0.39, 0.29) is 12.5 Å². The first kappa shape index (κ1) is 26.7. The highest BCUT2D eigenvalue weighted by molar-refractivity contribution is 6.41. The topological polar surface area (TPSA) is 81.4 Å². The van der Waals surface area contributed by atoms with Gasteiger partial charge in [-0.15, -0.1) is 11.6 Å². The zero-order valence-corrected chi connectivity index (χ0v) is 24.0. The summed E-state index contributed by atoms with van der Waals surface area (Å²) in [5.74, 6) is 0.810. The predicted octanol–water partition coefficient (Wildman–Crippen LogP) is 4.38. The standard InChI is InChI=1S/C29H32Cl2N8O/c1-3-36-9-4-5-20-15-21(6-7-23(20)36)27-29(39-10-8-32-17-24(39)35-27)34-18-25(40)37-11-13-38(14-12-37)28-22(30)16-33-19(2)26(28)31/h6-8,10,15-17,26,34H,2-5,9,11-14,18H2,1H3. The number of allylic oxidation sites excluding steroid dienone is 1. The number of alkyl halides is 1. The number of aromatic nitrogens is 3. The summed E-state index contributed by atoms with van der Waals surface area (Å²) in [4.78, 5) is 33.0. The molecule has 1 N–H and O–H groups in total. The Morgan fingerprint density at radius 3 is 2.83 bits per heavy atom. The van der Waals surface area contributed by atoms with Gasteiger partial charge in [-0.25, -0.2) is 4.98 Å². The second-order valence-corrected chi connectivity index (χ2v) is 11.1. The predicted molar refractivity (Wildman–Crippen MR) is 161 cm³/mol. The smallest absolute Gasteiger partial charge is 0.242 e. The van der Waals surface area contributed by atoms with Gasteiger partial charge in [-0.3, -0.25) is 19.2 Å². The van der Waals surface area contributed by atoms with E-state index in [9.17, 15) is 4.79 Å². The minimum absolute atomic E-state index is 0.0238. The monoisotopic (exact) mass is 578 g/mol. The van der Waals surface area contributed by atoms with Crippen LogP contribution in [0.1, 0.15) is 18.9 Å². The summed E-state index contributed by atoms with van der Waals surface area (Å²) < 4.78 is 1.96. The zero-order valence-electron chi connectivity index (χ0n) is 22.5. The first-order chi connectivity index (χ1) is 19.4. The number of aliphatic imine (C=N–C) groups is 1. The molecule has 3 aliphatic rings. The van der Waals surface area contributed by atoms with Gasteiger partial charge in [0, 0.05) is 69.1 Å². The number of imidazole rings is 1. The van der Waals surface area contributed by atoms with E-state index in [1.807, 2.05) is 15.5 Å². The third kappa shape index (κ3) is 4.92. The molecule has 11 heteroatoms. The Morgan fingerprint density at radius 2 is 2.02 bits per heavy atom. The Bertz CT molecular complexity index is 1520. The Labute approximate surface area is 243 Å². The maximum atomic E-state index is 13.3. The number of dihydropyridines is 1. The highest BCUT2D eigenvalue weighted by Crippen LogP contribution is 2.35. The van der Waals surface area contributed by atoms with Crippen molar-refractivity contribution in [2.75, 3.05) is 56.0 Å². The molecule has 1 saturated heterocycles. The van der Waals surface area contributed by atoms with Crippen molar-refractivity contribution in [2.24, 2.45) is 4.99 Å². The molecule has 5 heterocycles. The van der Waals surface area contributed by atoms with E-state index in [4.69, 9.17) is 28.2 Å². The SMILES string of the molecule is C=C1N=CC(Cl)=C(N2CCN(C(=O)CNc3c(-c4ccc5c(c4)CCCN5CC)nc4cnccn34)CC2)C1Cl. The van der Waals surface area contributed by atoms with Crippen LogP contribution in [0.5, 0.6) is 0 Å². The quantitative estimate of drug-likeness (QED) is 0.437. The zero-order chi connectivity index (χ0) is 27.8. The van der Waals surface area contributed by atoms with Gasteiger partial charge in [0.2, 0.25) is 5.91 Å². The molecule has 0 saturated carbocycles. The lowest BCUT2D eigenvalue weighted by molar-refractivity contribution is -0.130. The van der Waals surface area contributed by atoms with Crippen molar-refractivity contribution < 1.29 is 4.79 Å². The lowest BCUT2D eigenvalue weighted by atomic mass is 9.98. The van der Waals surface area contributed by atoms with Crippen LogP contribution in [0, 0.1) is 0 Å². The number of hydrogen-bond acceptors (Lipinski definition) is 7. The first-order valence-corrected chi connectivity index (χ1v) is 14.5. The summed E-state index contributed by atoms with van der Waals surface area (Å²) in [6, 6.07) is 6.57. The van der Waals surface area contributed by atoms with Gasteiger partial charge < -0.3 is 20.0 Å². The molecule has 1 unspecified atom stereocenters. The number of carbonyl (C=O) groups is 1. The number of anilines is 2. The fraction of sp³-hybridized carbons (Fsp3) is 0.379. The van der Waals surface area contributed by atoms with Crippen molar-refractivity contribution >= 4 is 52.5 Å². The number of rotatable bonds is 6. The summed E-state index contributed by atoms with van der Waals surface area (Å²) in [5.41, 5.74) is 6.59. The van der Waals surface area contributed by atoms with Crippen LogP contribution in [-0.4, -0.2) is 87.5 Å². The van der Waals surface area contributed by atoms with E-state index in [1.165, 1.54) is 11.3 Å². The number of benzene rings is 1. The van der Waals surface area contributed by atoms with Gasteiger partial charge in [-0.1, -0.05) is 24.2 Å². The number of hydrogen-bond donors (Lipinski definition) is 1. The molecular formula is C29H32Cl2N8O. The number of piperazine rings is 1. The maximum Gasteiger partial charge on any atom is 0.242 e. The third-order valence-corrected chi connectivity index (χ3v) is 8.63. The van der Waals surface area contributed by atoms with Gasteiger partial charge in [0.05, 0.1) is 29.2 Å². The summed E-state index contributed by atoms with van der Waals surface area (Å²) in [6.45, 7) is 10.8. The molecule has 1 aromatic carbocycles. The number of nitrogens with one attached hydrogen (secondary N) is 1. The molecule has 9 nitrogen and oxygen atoms in total. The molecule has 1 atom stereocenters. The van der Waals surface area contributed by atoms with Crippen molar-refractivity contribution in [1.82, 2.24) is 24.2 Å². The average Bonchev–Trinajstić information content (AvgIpc) is 3.36. The van der Waals surface area contributed by atoms with Crippen LogP contribution < -0.4 is 10.2 Å². The molecule has 0 bridgehead atoms. The number of carbonyl (C=O) groups excluding carboxylic acids is 1. The van der Waals surface area contributed by atoms with E-state index >= 15 is 0 Å². The molecule has 0 aliphatic carbocycles. The van der Waals surface area contributed by atoms with E-state index in [0.29, 0.717) is 36.9 Å². The number of nitrogens with zero attached hydrogens (tertiary/aromatic N) is 7. The molecule has 0 radical (unpaired) electrons. The molecular weight excluding hydrogens is 547 g/mol. The Morgan fingerprint density at radius 1 is 1.20 bits per heavy atom. The fourth-order valence-corrected chi connectivity index (χ4v) is 6.40. The highest BCUT2D eigenvalue weighted by Gasteiger charge is 2.30. The summed E-state index contributed by atoms with van der Waals surface area (Å²) >= 11 is 12.9. The van der Waals surface area contributed by atoms with Crippen LogP contribution >= 0.6 is 23.2 Å². The molecule has 208 valence electrons. The highest BCUT2D eigenvalue weighted by atomic mass is 35.5. The van der Waals surface area contributed by atoms with Gasteiger partial charge >= 0.3 is 0 Å². The Kier molecular flexibility index (Phi) is 7.42. The van der Waals surface area contributed by atoms with E-state index in [0.717, 1.165) is 54.4 Å². The lowest BCUT2D eigenvalue weighted by Gasteiger charge is -2.39. The number of aryl methyl sites for hydroxylation is 1. The number of amides is 1. The molecule has 6 rings (SSSR count). The molecule has 40 heavy (non-hydrogen) atoms. The van der Waals surface area contributed by atoms with Crippen molar-refractivity contribution in [3.05, 3.63) is 65.4 Å². The largest absolute Gasteiger partial charge is 0.372 e. The second-order valence-electron chi connectivity index (χ2n) is 10.2. The number of halogens is 2. The summed E-state index contributed by atoms with van der Waals surface area (Å²) in [7, 11) is 0. The third-order valence-electron chi connectivity index (χ3n) is 7.88. The first-order valence-electron chi connectivity index (χ1n) is 13.7. The van der Waals surface area contributed by atoms with Gasteiger partial charge in [-0.2, -0.15) is 0 Å². The molecule has 0 spiro atoms. The normalized spacial score (nSPS) is 19.4. The van der Waals surface area contributed by atoms with Crippen LogP contribution in [0.15, 0.2) is 64.8 Å². The van der Waals surface area contributed by atoms with Crippen molar-refractivity contribution in [3.8, 4) is 11.3 Å².